The van der Waals surface area contributed by atoms with Crippen LogP contribution in [0.1, 0.15) is 29.0 Å². The number of hydrogen-bond donors (Lipinski definition) is 1. The fourth-order valence-electron chi connectivity index (χ4n) is 2.50. The van der Waals surface area contributed by atoms with Gasteiger partial charge in [-0.15, -0.1) is 21.5 Å². The highest BCUT2D eigenvalue weighted by atomic mass is 32.2. The Morgan fingerprint density at radius 1 is 1.28 bits per heavy atom. The smallest absolute Gasteiger partial charge is 0.277 e. The Morgan fingerprint density at radius 2 is 2.04 bits per heavy atom. The average Bonchev–Trinajstić information content (AvgIpc) is 3.24. The van der Waals surface area contributed by atoms with E-state index in [1.807, 2.05) is 50.4 Å². The molecule has 0 aliphatic carbocycles. The van der Waals surface area contributed by atoms with E-state index in [1.165, 1.54) is 11.8 Å². The van der Waals surface area contributed by atoms with E-state index >= 15 is 0 Å². The van der Waals surface area contributed by atoms with Crippen LogP contribution in [0.2, 0.25) is 0 Å². The van der Waals surface area contributed by atoms with Crippen molar-refractivity contribution in [3.8, 4) is 11.5 Å². The van der Waals surface area contributed by atoms with Crippen LogP contribution >= 0.6 is 23.1 Å². The number of rotatable bonds is 6. The maximum Gasteiger partial charge on any atom is 0.277 e. The first-order valence-electron chi connectivity index (χ1n) is 7.89. The van der Waals surface area contributed by atoms with E-state index in [0.717, 1.165) is 21.6 Å². The molecule has 1 aromatic carbocycles. The monoisotopic (exact) mass is 373 g/mol. The number of hydrogen-bond acceptors (Lipinski definition) is 6. The summed E-state index contributed by atoms with van der Waals surface area (Å²) in [7, 11) is 0. The second-order valence-electron chi connectivity index (χ2n) is 5.84. The molecule has 3 aromatic rings. The Labute approximate surface area is 154 Å². The van der Waals surface area contributed by atoms with Crippen molar-refractivity contribution in [2.45, 2.75) is 32.0 Å². The molecule has 0 spiro atoms. The normalized spacial score (nSPS) is 12.1. The van der Waals surface area contributed by atoms with Crippen LogP contribution in [0.4, 0.5) is 0 Å². The third-order valence-corrected chi connectivity index (χ3v) is 5.42. The molecule has 0 aliphatic rings. The van der Waals surface area contributed by atoms with Gasteiger partial charge in [-0.25, -0.2) is 0 Å². The van der Waals surface area contributed by atoms with Gasteiger partial charge < -0.3 is 9.73 Å². The zero-order valence-electron chi connectivity index (χ0n) is 14.3. The first-order valence-corrected chi connectivity index (χ1v) is 9.75. The van der Waals surface area contributed by atoms with Crippen molar-refractivity contribution in [2.75, 3.05) is 5.75 Å². The number of thioether (sulfide) groups is 1. The van der Waals surface area contributed by atoms with Crippen molar-refractivity contribution in [1.29, 1.82) is 0 Å². The average molecular weight is 374 g/mol. The summed E-state index contributed by atoms with van der Waals surface area (Å²) < 4.78 is 5.67. The molecule has 5 nitrogen and oxygen atoms in total. The molecular formula is C18H19N3O2S2. The molecule has 1 atom stereocenters. The van der Waals surface area contributed by atoms with E-state index in [9.17, 15) is 4.79 Å². The molecule has 3 rings (SSSR count). The first-order chi connectivity index (χ1) is 12.0. The Bertz CT molecular complexity index is 839. The van der Waals surface area contributed by atoms with Gasteiger partial charge >= 0.3 is 0 Å². The summed E-state index contributed by atoms with van der Waals surface area (Å²) in [6, 6.07) is 10.1. The van der Waals surface area contributed by atoms with Crippen LogP contribution in [0.5, 0.6) is 0 Å². The van der Waals surface area contributed by atoms with E-state index in [0.29, 0.717) is 11.1 Å². The molecule has 1 N–H and O–H groups in total. The van der Waals surface area contributed by atoms with Crippen molar-refractivity contribution in [3.05, 3.63) is 51.7 Å². The number of carbonyl (C=O) groups is 1. The van der Waals surface area contributed by atoms with Gasteiger partial charge in [-0.3, -0.25) is 4.79 Å². The number of thiophene rings is 1. The van der Waals surface area contributed by atoms with Crippen LogP contribution in [0.15, 0.2) is 45.4 Å². The number of amides is 1. The molecule has 25 heavy (non-hydrogen) atoms. The van der Waals surface area contributed by atoms with E-state index < -0.39 is 0 Å². The molecule has 7 heteroatoms. The molecule has 0 radical (unpaired) electrons. The highest BCUT2D eigenvalue weighted by Gasteiger charge is 2.14. The first kappa shape index (κ1) is 17.7. The molecule has 0 bridgehead atoms. The van der Waals surface area contributed by atoms with Gasteiger partial charge in [0.2, 0.25) is 11.8 Å². The topological polar surface area (TPSA) is 68.0 Å². The second kappa shape index (κ2) is 7.84. The number of carbonyl (C=O) groups excluding carboxylic acids is 1. The second-order valence-corrected chi connectivity index (χ2v) is 7.75. The van der Waals surface area contributed by atoms with E-state index in [2.05, 4.69) is 21.6 Å². The van der Waals surface area contributed by atoms with Gasteiger partial charge in [0.15, 0.2) is 0 Å². The summed E-state index contributed by atoms with van der Waals surface area (Å²) in [6.45, 7) is 6.03. The minimum atomic E-state index is -0.0583. The fraction of sp³-hybridized carbons (Fsp3) is 0.278. The number of benzene rings is 1. The number of nitrogens with one attached hydrogen (secondary N) is 1. The van der Waals surface area contributed by atoms with Gasteiger partial charge in [0.1, 0.15) is 0 Å². The molecule has 130 valence electrons. The predicted octanol–water partition coefficient (Wildman–Crippen LogP) is 4.38. The molecule has 2 heterocycles. The van der Waals surface area contributed by atoms with Crippen LogP contribution < -0.4 is 5.32 Å². The molecule has 2 aromatic heterocycles. The summed E-state index contributed by atoms with van der Waals surface area (Å²) in [5.41, 5.74) is 3.18. The lowest BCUT2D eigenvalue weighted by Crippen LogP contribution is -2.27. The van der Waals surface area contributed by atoms with Crippen molar-refractivity contribution >= 4 is 29.0 Å². The fourth-order valence-corrected chi connectivity index (χ4v) is 3.81. The lowest BCUT2D eigenvalue weighted by molar-refractivity contribution is -0.119. The largest absolute Gasteiger partial charge is 0.411 e. The molecule has 1 amide bonds. The minimum Gasteiger partial charge on any atom is -0.411 e. The van der Waals surface area contributed by atoms with E-state index in [1.54, 1.807) is 11.3 Å². The molecule has 0 fully saturated rings. The molecule has 0 aliphatic heterocycles. The quantitative estimate of drug-likeness (QED) is 0.649. The summed E-state index contributed by atoms with van der Waals surface area (Å²) in [4.78, 5) is 13.2. The van der Waals surface area contributed by atoms with Gasteiger partial charge in [0, 0.05) is 10.4 Å². The zero-order chi connectivity index (χ0) is 17.8. The highest BCUT2D eigenvalue weighted by molar-refractivity contribution is 7.99. The van der Waals surface area contributed by atoms with Crippen LogP contribution in [0.25, 0.3) is 11.5 Å². The molecule has 0 saturated heterocycles. The van der Waals surface area contributed by atoms with Gasteiger partial charge in [0.25, 0.3) is 5.22 Å². The minimum absolute atomic E-state index is 0.00150. The zero-order valence-corrected chi connectivity index (χ0v) is 15.9. The van der Waals surface area contributed by atoms with Gasteiger partial charge in [-0.1, -0.05) is 35.0 Å². The summed E-state index contributed by atoms with van der Waals surface area (Å²) >= 11 is 2.87. The third kappa shape index (κ3) is 4.70. The highest BCUT2D eigenvalue weighted by Crippen LogP contribution is 2.25. The van der Waals surface area contributed by atoms with E-state index in [4.69, 9.17) is 4.42 Å². The maximum atomic E-state index is 12.1. The maximum absolute atomic E-state index is 12.1. The van der Waals surface area contributed by atoms with Gasteiger partial charge in [-0.2, -0.15) is 0 Å². The van der Waals surface area contributed by atoms with Crippen LogP contribution in [-0.2, 0) is 4.79 Å². The summed E-state index contributed by atoms with van der Waals surface area (Å²) in [5, 5.41) is 13.5. The van der Waals surface area contributed by atoms with Crippen LogP contribution in [0, 0.1) is 13.8 Å². The van der Waals surface area contributed by atoms with Crippen LogP contribution in [-0.4, -0.2) is 21.9 Å². The SMILES string of the molecule is Cc1cc(C)cc(-c2nnc(SCC(=O)NC(C)c3cccs3)o2)c1. The molecule has 1 unspecified atom stereocenters. The van der Waals surface area contributed by atoms with E-state index in [-0.39, 0.29) is 17.7 Å². The Kier molecular flexibility index (Phi) is 5.55. The number of aryl methyl sites for hydroxylation is 2. The van der Waals surface area contributed by atoms with Gasteiger partial charge in [0.05, 0.1) is 11.8 Å². The third-order valence-electron chi connectivity index (χ3n) is 3.55. The Hall–Kier alpha value is -2.12. The van der Waals surface area contributed by atoms with Crippen molar-refractivity contribution in [3.63, 3.8) is 0 Å². The lowest BCUT2D eigenvalue weighted by Gasteiger charge is -2.11. The molecular weight excluding hydrogens is 354 g/mol. The van der Waals surface area contributed by atoms with Crippen molar-refractivity contribution in [2.24, 2.45) is 0 Å². The predicted molar refractivity (Wildman–Crippen MR) is 101 cm³/mol. The Morgan fingerprint density at radius 3 is 2.72 bits per heavy atom. The van der Waals surface area contributed by atoms with Gasteiger partial charge in [-0.05, 0) is 44.4 Å². The van der Waals surface area contributed by atoms with Crippen LogP contribution in [0.3, 0.4) is 0 Å². The number of aromatic nitrogens is 2. The lowest BCUT2D eigenvalue weighted by atomic mass is 10.1. The Balaban J connectivity index is 1.57. The van der Waals surface area contributed by atoms with Crippen molar-refractivity contribution in [1.82, 2.24) is 15.5 Å². The number of nitrogens with zero attached hydrogens (tertiary/aromatic N) is 2. The standard InChI is InChI=1S/C18H19N3O2S2/c1-11-7-12(2)9-14(8-11)17-20-21-18(23-17)25-10-16(22)19-13(3)15-5-4-6-24-15/h4-9,13H,10H2,1-3H3,(H,19,22). The summed E-state index contributed by atoms with van der Waals surface area (Å²) in [5.74, 6) is 0.656. The summed E-state index contributed by atoms with van der Waals surface area (Å²) in [6.07, 6.45) is 0. The molecule has 0 saturated carbocycles. The van der Waals surface area contributed by atoms with Crippen molar-refractivity contribution < 1.29 is 9.21 Å².